The largest absolute Gasteiger partial charge is 0.478 e. The van der Waals surface area contributed by atoms with Gasteiger partial charge in [-0.1, -0.05) is 13.0 Å². The third-order valence-electron chi connectivity index (χ3n) is 2.78. The van der Waals surface area contributed by atoms with Crippen LogP contribution in [0.1, 0.15) is 32.5 Å². The van der Waals surface area contributed by atoms with Gasteiger partial charge in [0.15, 0.2) is 0 Å². The highest BCUT2D eigenvalue weighted by Crippen LogP contribution is 2.30. The van der Waals surface area contributed by atoms with Crippen molar-refractivity contribution in [2.24, 2.45) is 0 Å². The lowest BCUT2D eigenvalue weighted by molar-refractivity contribution is 0.0698. The molecule has 0 saturated heterocycles. The zero-order valence-corrected chi connectivity index (χ0v) is 13.3. The van der Waals surface area contributed by atoms with Crippen LogP contribution in [0.2, 0.25) is 0 Å². The number of aryl methyl sites for hydroxylation is 1. The van der Waals surface area contributed by atoms with E-state index in [-0.39, 0.29) is 16.1 Å². The van der Waals surface area contributed by atoms with Crippen LogP contribution in [0.4, 0.5) is 9.39 Å². The number of halogens is 2. The molecule has 0 radical (unpaired) electrons. The number of rotatable bonds is 4. The molecule has 21 heavy (non-hydrogen) atoms. The first kappa shape index (κ1) is 15.7. The molecule has 0 unspecified atom stereocenters. The summed E-state index contributed by atoms with van der Waals surface area (Å²) in [6.07, 6.45) is 0.657. The van der Waals surface area contributed by atoms with Gasteiger partial charge in [-0.15, -0.1) is 11.3 Å². The van der Waals surface area contributed by atoms with Gasteiger partial charge in [-0.05, 0) is 40.5 Å². The molecule has 7 heteroatoms. The van der Waals surface area contributed by atoms with Crippen molar-refractivity contribution in [2.45, 2.75) is 13.3 Å². The minimum absolute atomic E-state index is 0.0117. The van der Waals surface area contributed by atoms with Crippen LogP contribution < -0.4 is 5.32 Å². The highest BCUT2D eigenvalue weighted by Gasteiger charge is 2.20. The molecule has 0 atom stereocenters. The van der Waals surface area contributed by atoms with E-state index in [4.69, 9.17) is 5.11 Å². The fourth-order valence-corrected chi connectivity index (χ4v) is 3.25. The average molecular weight is 372 g/mol. The van der Waals surface area contributed by atoms with Crippen molar-refractivity contribution in [3.63, 3.8) is 0 Å². The third kappa shape index (κ3) is 3.30. The minimum atomic E-state index is -1.13. The first-order valence-electron chi connectivity index (χ1n) is 6.05. The minimum Gasteiger partial charge on any atom is -0.478 e. The van der Waals surface area contributed by atoms with Crippen LogP contribution in [-0.4, -0.2) is 17.0 Å². The fourth-order valence-electron chi connectivity index (χ4n) is 1.75. The number of carbonyl (C=O) groups is 2. The Bertz CT molecular complexity index is 694. The number of nitrogens with one attached hydrogen (secondary N) is 1. The number of carbonyl (C=O) groups excluding carboxylic acids is 1. The van der Waals surface area contributed by atoms with E-state index in [2.05, 4.69) is 21.2 Å². The molecule has 2 rings (SSSR count). The maximum absolute atomic E-state index is 13.7. The molecule has 0 fully saturated rings. The van der Waals surface area contributed by atoms with Gasteiger partial charge in [0.1, 0.15) is 10.8 Å². The number of hydrogen-bond donors (Lipinski definition) is 2. The summed E-state index contributed by atoms with van der Waals surface area (Å²) in [6, 6.07) is 5.70. The van der Waals surface area contributed by atoms with E-state index in [0.29, 0.717) is 10.9 Å². The standard InChI is InChI=1S/C14H11BrFNO3S/c1-2-7-6-8(14(19)20)13(21-7)17-12(18)11-9(15)4-3-5-10(11)16/h3-6H,2H2,1H3,(H,17,18)(H,19,20). The highest BCUT2D eigenvalue weighted by atomic mass is 79.9. The zero-order chi connectivity index (χ0) is 15.6. The van der Waals surface area contributed by atoms with Crippen LogP contribution in [0, 0.1) is 5.82 Å². The van der Waals surface area contributed by atoms with Crippen molar-refractivity contribution >= 4 is 44.1 Å². The number of carboxylic acids is 1. The molecule has 0 bridgehead atoms. The molecule has 1 aromatic carbocycles. The molecule has 1 amide bonds. The Morgan fingerprint density at radius 1 is 1.43 bits per heavy atom. The van der Waals surface area contributed by atoms with Crippen molar-refractivity contribution in [1.82, 2.24) is 0 Å². The van der Waals surface area contributed by atoms with E-state index in [1.165, 1.54) is 29.5 Å². The molecule has 0 saturated carbocycles. The number of benzene rings is 1. The van der Waals surface area contributed by atoms with Gasteiger partial charge in [0.25, 0.3) is 5.91 Å². The summed E-state index contributed by atoms with van der Waals surface area (Å²) in [5.41, 5.74) is -0.141. The lowest BCUT2D eigenvalue weighted by atomic mass is 10.2. The Morgan fingerprint density at radius 2 is 2.14 bits per heavy atom. The molecule has 0 spiro atoms. The zero-order valence-electron chi connectivity index (χ0n) is 10.9. The lowest BCUT2D eigenvalue weighted by Crippen LogP contribution is -2.15. The molecule has 1 heterocycles. The van der Waals surface area contributed by atoms with Crippen LogP contribution in [0.3, 0.4) is 0 Å². The predicted octanol–water partition coefficient (Wildman–Crippen LogP) is 4.16. The Balaban J connectivity index is 2.36. The van der Waals surface area contributed by atoms with Gasteiger partial charge < -0.3 is 10.4 Å². The Hall–Kier alpha value is -1.73. The fraction of sp³-hybridized carbons (Fsp3) is 0.143. The monoisotopic (exact) mass is 371 g/mol. The summed E-state index contributed by atoms with van der Waals surface area (Å²) in [7, 11) is 0. The van der Waals surface area contributed by atoms with E-state index >= 15 is 0 Å². The van der Waals surface area contributed by atoms with Gasteiger partial charge in [-0.2, -0.15) is 0 Å². The number of carboxylic acid groups (broad SMARTS) is 1. The maximum atomic E-state index is 13.7. The molecule has 0 aliphatic heterocycles. The highest BCUT2D eigenvalue weighted by molar-refractivity contribution is 9.10. The van der Waals surface area contributed by atoms with Gasteiger partial charge in [0.2, 0.25) is 0 Å². The molecular formula is C14H11BrFNO3S. The van der Waals surface area contributed by atoms with Gasteiger partial charge in [-0.3, -0.25) is 4.79 Å². The number of hydrogen-bond acceptors (Lipinski definition) is 3. The van der Waals surface area contributed by atoms with Crippen molar-refractivity contribution in [3.05, 3.63) is 50.6 Å². The van der Waals surface area contributed by atoms with Gasteiger partial charge >= 0.3 is 5.97 Å². The van der Waals surface area contributed by atoms with Crippen LogP contribution in [0.5, 0.6) is 0 Å². The number of anilines is 1. The first-order chi connectivity index (χ1) is 9.93. The van der Waals surface area contributed by atoms with Gasteiger partial charge in [0.05, 0.1) is 11.1 Å². The molecule has 0 aliphatic carbocycles. The summed E-state index contributed by atoms with van der Waals surface area (Å²) in [6.45, 7) is 1.89. The maximum Gasteiger partial charge on any atom is 0.338 e. The topological polar surface area (TPSA) is 66.4 Å². The Kier molecular flexibility index (Phi) is 4.74. The molecule has 2 N–H and O–H groups in total. The van der Waals surface area contributed by atoms with Crippen LogP contribution in [-0.2, 0) is 6.42 Å². The Morgan fingerprint density at radius 3 is 2.71 bits per heavy atom. The van der Waals surface area contributed by atoms with Crippen molar-refractivity contribution in [2.75, 3.05) is 5.32 Å². The molecule has 110 valence electrons. The molecule has 0 aliphatic rings. The molecule has 1 aromatic heterocycles. The van der Waals surface area contributed by atoms with Crippen molar-refractivity contribution < 1.29 is 19.1 Å². The summed E-state index contributed by atoms with van der Waals surface area (Å²) >= 11 is 4.29. The normalized spacial score (nSPS) is 10.4. The van der Waals surface area contributed by atoms with E-state index < -0.39 is 17.7 Å². The van der Waals surface area contributed by atoms with Crippen LogP contribution in [0.15, 0.2) is 28.7 Å². The number of thiophene rings is 1. The number of aromatic carboxylic acids is 1. The predicted molar refractivity (Wildman–Crippen MR) is 82.7 cm³/mol. The van der Waals surface area contributed by atoms with Gasteiger partial charge in [0, 0.05) is 9.35 Å². The summed E-state index contributed by atoms with van der Waals surface area (Å²) in [5.74, 6) is -2.49. The second-order valence-electron chi connectivity index (χ2n) is 4.17. The van der Waals surface area contributed by atoms with Crippen molar-refractivity contribution in [3.8, 4) is 0 Å². The third-order valence-corrected chi connectivity index (χ3v) is 4.63. The SMILES string of the molecule is CCc1cc(C(=O)O)c(NC(=O)c2c(F)cccc2Br)s1. The molecular weight excluding hydrogens is 361 g/mol. The van der Waals surface area contributed by atoms with Crippen molar-refractivity contribution in [1.29, 1.82) is 0 Å². The molecule has 2 aromatic rings. The number of amides is 1. The van der Waals surface area contributed by atoms with Crippen LogP contribution in [0.25, 0.3) is 0 Å². The lowest BCUT2D eigenvalue weighted by Gasteiger charge is -2.07. The van der Waals surface area contributed by atoms with E-state index in [0.717, 1.165) is 4.88 Å². The quantitative estimate of drug-likeness (QED) is 0.847. The summed E-state index contributed by atoms with van der Waals surface area (Å²) < 4.78 is 14.0. The average Bonchev–Trinajstić information content (AvgIpc) is 2.81. The Labute approximate surface area is 132 Å². The summed E-state index contributed by atoms with van der Waals surface area (Å²) in [5, 5.41) is 11.8. The molecule has 4 nitrogen and oxygen atoms in total. The van der Waals surface area contributed by atoms with E-state index in [9.17, 15) is 14.0 Å². The smallest absolute Gasteiger partial charge is 0.338 e. The first-order valence-corrected chi connectivity index (χ1v) is 7.66. The van der Waals surface area contributed by atoms with Crippen LogP contribution >= 0.6 is 27.3 Å². The second kappa shape index (κ2) is 6.36. The van der Waals surface area contributed by atoms with E-state index in [1.54, 1.807) is 6.07 Å². The van der Waals surface area contributed by atoms with E-state index in [1.807, 2.05) is 6.92 Å². The summed E-state index contributed by atoms with van der Waals surface area (Å²) in [4.78, 5) is 24.2. The van der Waals surface area contributed by atoms with Gasteiger partial charge in [-0.25, -0.2) is 9.18 Å². The second-order valence-corrected chi connectivity index (χ2v) is 6.16.